The Hall–Kier alpha value is -2.01. The fourth-order valence-electron chi connectivity index (χ4n) is 1.45. The van der Waals surface area contributed by atoms with Crippen molar-refractivity contribution in [2.24, 2.45) is 0 Å². The Bertz CT molecular complexity index is 569. The van der Waals surface area contributed by atoms with Gasteiger partial charge in [0.1, 0.15) is 18.1 Å². The summed E-state index contributed by atoms with van der Waals surface area (Å²) in [7, 11) is 0. The highest BCUT2D eigenvalue weighted by Crippen LogP contribution is 2.16. The second kappa shape index (κ2) is 6.24. The van der Waals surface area contributed by atoms with Crippen molar-refractivity contribution in [2.45, 2.75) is 6.92 Å². The molecule has 2 rings (SSSR count). The third-order valence-electron chi connectivity index (χ3n) is 2.31. The van der Waals surface area contributed by atoms with Crippen molar-refractivity contribution < 1.29 is 14.1 Å². The molecule has 1 heterocycles. The molecule has 0 saturated carbocycles. The van der Waals surface area contributed by atoms with E-state index in [2.05, 4.69) is 10.5 Å². The van der Waals surface area contributed by atoms with Crippen LogP contribution < -0.4 is 10.1 Å². The van der Waals surface area contributed by atoms with Gasteiger partial charge in [-0.1, -0.05) is 22.8 Å². The van der Waals surface area contributed by atoms with Gasteiger partial charge < -0.3 is 14.6 Å². The van der Waals surface area contributed by atoms with Crippen LogP contribution in [0.15, 0.2) is 34.9 Å². The number of halogens is 1. The Morgan fingerprint density at radius 1 is 1.47 bits per heavy atom. The molecule has 0 saturated heterocycles. The number of aryl methyl sites for hydroxylation is 1. The highest BCUT2D eigenvalue weighted by Gasteiger charge is 2.09. The summed E-state index contributed by atoms with van der Waals surface area (Å²) in [5, 5.41) is 6.91. The van der Waals surface area contributed by atoms with Gasteiger partial charge in [0.05, 0.1) is 6.54 Å². The van der Waals surface area contributed by atoms with Crippen LogP contribution in [0.5, 0.6) is 5.75 Å². The van der Waals surface area contributed by atoms with Gasteiger partial charge in [0.15, 0.2) is 5.69 Å². The van der Waals surface area contributed by atoms with Crippen molar-refractivity contribution in [3.63, 3.8) is 0 Å². The molecule has 0 bridgehead atoms. The van der Waals surface area contributed by atoms with Crippen LogP contribution in [0.2, 0.25) is 5.02 Å². The largest absolute Gasteiger partial charge is 0.492 e. The molecule has 0 aliphatic heterocycles. The monoisotopic (exact) mass is 280 g/mol. The number of carbonyl (C=O) groups excluding carboxylic acids is 1. The molecule has 5 nitrogen and oxygen atoms in total. The Kier molecular flexibility index (Phi) is 4.41. The normalized spacial score (nSPS) is 10.2. The van der Waals surface area contributed by atoms with Crippen molar-refractivity contribution in [1.29, 1.82) is 0 Å². The van der Waals surface area contributed by atoms with Crippen molar-refractivity contribution in [3.05, 3.63) is 46.8 Å². The first-order valence-electron chi connectivity index (χ1n) is 5.75. The quantitative estimate of drug-likeness (QED) is 0.855. The maximum atomic E-state index is 11.6. The van der Waals surface area contributed by atoms with E-state index in [0.717, 1.165) is 0 Å². The van der Waals surface area contributed by atoms with Crippen LogP contribution in [-0.4, -0.2) is 24.2 Å². The van der Waals surface area contributed by atoms with Crippen LogP contribution in [0.4, 0.5) is 0 Å². The van der Waals surface area contributed by atoms with E-state index in [4.69, 9.17) is 20.9 Å². The molecule has 0 radical (unpaired) electrons. The number of nitrogens with one attached hydrogen (secondary N) is 1. The first kappa shape index (κ1) is 13.4. The van der Waals surface area contributed by atoms with E-state index < -0.39 is 0 Å². The van der Waals surface area contributed by atoms with Crippen molar-refractivity contribution in [2.75, 3.05) is 13.2 Å². The molecule has 0 aliphatic carbocycles. The molecule has 1 amide bonds. The van der Waals surface area contributed by atoms with Gasteiger partial charge >= 0.3 is 0 Å². The molecular formula is C13H13ClN2O3. The summed E-state index contributed by atoms with van der Waals surface area (Å²) in [6.45, 7) is 2.45. The number of rotatable bonds is 5. The number of benzene rings is 1. The summed E-state index contributed by atoms with van der Waals surface area (Å²) in [4.78, 5) is 11.6. The zero-order valence-electron chi connectivity index (χ0n) is 10.4. The van der Waals surface area contributed by atoms with E-state index in [0.29, 0.717) is 29.7 Å². The second-order valence-electron chi connectivity index (χ2n) is 3.88. The number of carbonyl (C=O) groups is 1. The number of ether oxygens (including phenoxy) is 1. The Balaban J connectivity index is 1.74. The van der Waals surface area contributed by atoms with Gasteiger partial charge in [0, 0.05) is 11.1 Å². The molecule has 2 aromatic rings. The second-order valence-corrected chi connectivity index (χ2v) is 4.32. The van der Waals surface area contributed by atoms with Crippen LogP contribution >= 0.6 is 11.6 Å². The summed E-state index contributed by atoms with van der Waals surface area (Å²) in [5.74, 6) is 0.978. The molecule has 1 aromatic carbocycles. The molecule has 1 aromatic heterocycles. The standard InChI is InChI=1S/C13H13ClN2O3/c1-9-7-12(16-19-9)13(17)15-5-6-18-11-4-2-3-10(14)8-11/h2-4,7-8H,5-6H2,1H3,(H,15,17). The van der Waals surface area contributed by atoms with Crippen LogP contribution in [0.1, 0.15) is 16.2 Å². The van der Waals surface area contributed by atoms with E-state index in [-0.39, 0.29) is 11.6 Å². The van der Waals surface area contributed by atoms with Crippen LogP contribution in [-0.2, 0) is 0 Å². The highest BCUT2D eigenvalue weighted by molar-refractivity contribution is 6.30. The van der Waals surface area contributed by atoms with Gasteiger partial charge in [-0.05, 0) is 25.1 Å². The highest BCUT2D eigenvalue weighted by atomic mass is 35.5. The lowest BCUT2D eigenvalue weighted by Gasteiger charge is -2.06. The fourth-order valence-corrected chi connectivity index (χ4v) is 1.63. The summed E-state index contributed by atoms with van der Waals surface area (Å²) in [5.41, 5.74) is 0.264. The van der Waals surface area contributed by atoms with Crippen molar-refractivity contribution >= 4 is 17.5 Å². The molecule has 0 spiro atoms. The molecular weight excluding hydrogens is 268 g/mol. The number of hydrogen-bond donors (Lipinski definition) is 1. The smallest absolute Gasteiger partial charge is 0.273 e. The van der Waals surface area contributed by atoms with Gasteiger partial charge in [-0.25, -0.2) is 0 Å². The van der Waals surface area contributed by atoms with Crippen molar-refractivity contribution in [1.82, 2.24) is 10.5 Å². The molecule has 19 heavy (non-hydrogen) atoms. The number of amides is 1. The van der Waals surface area contributed by atoms with E-state index in [9.17, 15) is 4.79 Å². The van der Waals surface area contributed by atoms with Crippen LogP contribution in [0.3, 0.4) is 0 Å². The minimum absolute atomic E-state index is 0.264. The number of nitrogens with zero attached hydrogens (tertiary/aromatic N) is 1. The predicted molar refractivity (Wildman–Crippen MR) is 70.5 cm³/mol. The predicted octanol–water partition coefficient (Wildman–Crippen LogP) is 2.45. The zero-order chi connectivity index (χ0) is 13.7. The van der Waals surface area contributed by atoms with E-state index in [1.807, 2.05) is 0 Å². The molecule has 6 heteroatoms. The van der Waals surface area contributed by atoms with Crippen LogP contribution in [0, 0.1) is 6.92 Å². The van der Waals surface area contributed by atoms with E-state index in [1.165, 1.54) is 0 Å². The molecule has 0 aliphatic rings. The Morgan fingerprint density at radius 3 is 3.00 bits per heavy atom. The first-order valence-corrected chi connectivity index (χ1v) is 6.13. The Labute approximate surface area is 115 Å². The van der Waals surface area contributed by atoms with Crippen LogP contribution in [0.25, 0.3) is 0 Å². The van der Waals surface area contributed by atoms with Gasteiger partial charge in [0.25, 0.3) is 5.91 Å². The zero-order valence-corrected chi connectivity index (χ0v) is 11.1. The van der Waals surface area contributed by atoms with Gasteiger partial charge in [-0.15, -0.1) is 0 Å². The first-order chi connectivity index (χ1) is 9.15. The van der Waals surface area contributed by atoms with E-state index in [1.54, 1.807) is 37.3 Å². The van der Waals surface area contributed by atoms with Crippen molar-refractivity contribution in [3.8, 4) is 5.75 Å². The SMILES string of the molecule is Cc1cc(C(=O)NCCOc2cccc(Cl)c2)no1. The summed E-state index contributed by atoms with van der Waals surface area (Å²) < 4.78 is 10.3. The molecule has 0 atom stereocenters. The third kappa shape index (κ3) is 3.99. The minimum atomic E-state index is -0.286. The lowest BCUT2D eigenvalue weighted by atomic mass is 10.3. The lowest BCUT2D eigenvalue weighted by molar-refractivity contribution is 0.0938. The topological polar surface area (TPSA) is 64.4 Å². The summed E-state index contributed by atoms with van der Waals surface area (Å²) in [6, 6.07) is 8.66. The third-order valence-corrected chi connectivity index (χ3v) is 2.55. The molecule has 0 fully saturated rings. The molecule has 100 valence electrons. The van der Waals surface area contributed by atoms with Gasteiger partial charge in [0.2, 0.25) is 0 Å². The number of hydrogen-bond acceptors (Lipinski definition) is 4. The molecule has 0 unspecified atom stereocenters. The van der Waals surface area contributed by atoms with E-state index >= 15 is 0 Å². The Morgan fingerprint density at radius 2 is 2.32 bits per heavy atom. The minimum Gasteiger partial charge on any atom is -0.492 e. The van der Waals surface area contributed by atoms with Gasteiger partial charge in [-0.3, -0.25) is 4.79 Å². The average molecular weight is 281 g/mol. The summed E-state index contributed by atoms with van der Waals surface area (Å²) >= 11 is 5.82. The number of aromatic nitrogens is 1. The lowest BCUT2D eigenvalue weighted by Crippen LogP contribution is -2.28. The fraction of sp³-hybridized carbons (Fsp3) is 0.231. The summed E-state index contributed by atoms with van der Waals surface area (Å²) in [6.07, 6.45) is 0. The van der Waals surface area contributed by atoms with Gasteiger partial charge in [-0.2, -0.15) is 0 Å². The average Bonchev–Trinajstić information content (AvgIpc) is 2.81. The maximum Gasteiger partial charge on any atom is 0.273 e. The molecule has 1 N–H and O–H groups in total. The maximum absolute atomic E-state index is 11.6.